The molecule has 8 heteroatoms. The third kappa shape index (κ3) is 6.35. The van der Waals surface area contributed by atoms with Gasteiger partial charge in [0.2, 0.25) is 17.7 Å². The van der Waals surface area contributed by atoms with Crippen LogP contribution in [0.1, 0.15) is 29.2 Å². The van der Waals surface area contributed by atoms with E-state index in [0.717, 1.165) is 22.3 Å². The fraction of sp³-hybridized carbons (Fsp3) is 0.423. The summed E-state index contributed by atoms with van der Waals surface area (Å²) >= 11 is 0. The Hall–Kier alpha value is -3.39. The number of carbonyl (C=O) groups excluding carboxylic acids is 3. The highest BCUT2D eigenvalue weighted by Gasteiger charge is 2.31. The second-order valence-corrected chi connectivity index (χ2v) is 8.96. The van der Waals surface area contributed by atoms with E-state index < -0.39 is 12.1 Å². The van der Waals surface area contributed by atoms with Crippen LogP contribution in [0.2, 0.25) is 0 Å². The molecule has 0 saturated carbocycles. The monoisotopic (exact) mass is 466 g/mol. The first-order valence-electron chi connectivity index (χ1n) is 11.6. The number of benzene rings is 2. The standard InChI is InChI=1S/C26H34N4O4/c1-17-13-21(32)14-18(2)22(17)16-23(27)25(33)29-9-11-30(12-10-29)26(34)24(28-19(3)31)15-20-7-5-4-6-8-20/h4-8,13-14,23-24,32H,9-12,15-16,27H2,1-3H3,(H,28,31)/t23-,24-/m0/s1. The third-order valence-electron chi connectivity index (χ3n) is 6.28. The number of nitrogens with two attached hydrogens (primary N) is 1. The fourth-order valence-electron chi connectivity index (χ4n) is 4.50. The number of piperazine rings is 1. The first kappa shape index (κ1) is 25.2. The summed E-state index contributed by atoms with van der Waals surface area (Å²) in [5.74, 6) is -0.356. The zero-order valence-corrected chi connectivity index (χ0v) is 20.1. The number of aryl methyl sites for hydroxylation is 2. The molecule has 0 aliphatic carbocycles. The van der Waals surface area contributed by atoms with Gasteiger partial charge in [-0.25, -0.2) is 0 Å². The van der Waals surface area contributed by atoms with E-state index in [1.807, 2.05) is 44.2 Å². The van der Waals surface area contributed by atoms with Gasteiger partial charge in [-0.1, -0.05) is 30.3 Å². The van der Waals surface area contributed by atoms with E-state index in [0.29, 0.717) is 39.0 Å². The maximum absolute atomic E-state index is 13.2. The number of hydrogen-bond acceptors (Lipinski definition) is 5. The Labute approximate surface area is 200 Å². The highest BCUT2D eigenvalue weighted by Crippen LogP contribution is 2.22. The lowest BCUT2D eigenvalue weighted by molar-refractivity contribution is -0.142. The Balaban J connectivity index is 1.59. The molecule has 2 aromatic rings. The van der Waals surface area contributed by atoms with E-state index in [1.165, 1.54) is 6.92 Å². The molecule has 4 N–H and O–H groups in total. The molecule has 3 amide bonds. The SMILES string of the molecule is CC(=O)N[C@@H](Cc1ccccc1)C(=O)N1CCN(C(=O)[C@@H](N)Cc2c(C)cc(O)cc2C)CC1. The molecule has 0 radical (unpaired) electrons. The first-order chi connectivity index (χ1) is 16.2. The van der Waals surface area contributed by atoms with Crippen LogP contribution in [0.25, 0.3) is 0 Å². The Morgan fingerprint density at radius 3 is 2.00 bits per heavy atom. The molecule has 0 aromatic heterocycles. The largest absolute Gasteiger partial charge is 0.508 e. The van der Waals surface area contributed by atoms with Crippen LogP contribution in [0.15, 0.2) is 42.5 Å². The van der Waals surface area contributed by atoms with Gasteiger partial charge in [-0.05, 0) is 54.7 Å². The van der Waals surface area contributed by atoms with Crippen molar-refractivity contribution in [1.29, 1.82) is 0 Å². The summed E-state index contributed by atoms with van der Waals surface area (Å²) in [4.78, 5) is 41.2. The van der Waals surface area contributed by atoms with Gasteiger partial charge < -0.3 is 26.0 Å². The molecular weight excluding hydrogens is 432 g/mol. The van der Waals surface area contributed by atoms with Crippen LogP contribution in [0, 0.1) is 13.8 Å². The second kappa shape index (κ2) is 11.2. The number of phenols is 1. The predicted octanol–water partition coefficient (Wildman–Crippen LogP) is 1.30. The molecule has 0 bridgehead atoms. The van der Waals surface area contributed by atoms with Gasteiger partial charge in [-0.15, -0.1) is 0 Å². The van der Waals surface area contributed by atoms with E-state index in [4.69, 9.17) is 5.73 Å². The van der Waals surface area contributed by atoms with Gasteiger partial charge in [0.1, 0.15) is 11.8 Å². The van der Waals surface area contributed by atoms with E-state index >= 15 is 0 Å². The number of rotatable bonds is 7. The van der Waals surface area contributed by atoms with Crippen LogP contribution >= 0.6 is 0 Å². The molecule has 1 aliphatic rings. The zero-order valence-electron chi connectivity index (χ0n) is 20.1. The van der Waals surface area contributed by atoms with Crippen molar-refractivity contribution in [1.82, 2.24) is 15.1 Å². The van der Waals surface area contributed by atoms with Crippen molar-refractivity contribution in [3.8, 4) is 5.75 Å². The third-order valence-corrected chi connectivity index (χ3v) is 6.28. The minimum Gasteiger partial charge on any atom is -0.508 e. The molecule has 1 saturated heterocycles. The number of hydrogen-bond donors (Lipinski definition) is 3. The van der Waals surface area contributed by atoms with Crippen molar-refractivity contribution in [2.45, 2.75) is 45.7 Å². The van der Waals surface area contributed by atoms with E-state index in [-0.39, 0.29) is 23.5 Å². The van der Waals surface area contributed by atoms with Crippen molar-refractivity contribution in [3.05, 3.63) is 64.7 Å². The van der Waals surface area contributed by atoms with Crippen molar-refractivity contribution >= 4 is 17.7 Å². The van der Waals surface area contributed by atoms with Gasteiger partial charge in [0.15, 0.2) is 0 Å². The number of aromatic hydroxyl groups is 1. The van der Waals surface area contributed by atoms with Crippen LogP contribution in [-0.2, 0) is 27.2 Å². The topological polar surface area (TPSA) is 116 Å². The first-order valence-corrected chi connectivity index (χ1v) is 11.6. The van der Waals surface area contributed by atoms with Crippen LogP contribution in [-0.4, -0.2) is 70.9 Å². The number of carbonyl (C=O) groups is 3. The molecule has 1 aliphatic heterocycles. The van der Waals surface area contributed by atoms with Crippen LogP contribution < -0.4 is 11.1 Å². The molecule has 0 unspecified atom stereocenters. The molecule has 3 rings (SSSR count). The Kier molecular flexibility index (Phi) is 8.28. The van der Waals surface area contributed by atoms with Gasteiger partial charge in [-0.3, -0.25) is 14.4 Å². The Bertz CT molecular complexity index is 1010. The van der Waals surface area contributed by atoms with Gasteiger partial charge >= 0.3 is 0 Å². The van der Waals surface area contributed by atoms with Gasteiger partial charge in [-0.2, -0.15) is 0 Å². The van der Waals surface area contributed by atoms with Crippen LogP contribution in [0.4, 0.5) is 0 Å². The van der Waals surface area contributed by atoms with E-state index in [2.05, 4.69) is 5.32 Å². The molecule has 1 heterocycles. The van der Waals surface area contributed by atoms with E-state index in [9.17, 15) is 19.5 Å². The van der Waals surface area contributed by atoms with Crippen LogP contribution in [0.5, 0.6) is 5.75 Å². The molecule has 34 heavy (non-hydrogen) atoms. The smallest absolute Gasteiger partial charge is 0.245 e. The Morgan fingerprint density at radius 2 is 1.47 bits per heavy atom. The summed E-state index contributed by atoms with van der Waals surface area (Å²) in [6.45, 7) is 6.75. The second-order valence-electron chi connectivity index (χ2n) is 8.96. The van der Waals surface area contributed by atoms with Crippen molar-refractivity contribution < 1.29 is 19.5 Å². The normalized spacial score (nSPS) is 15.5. The van der Waals surface area contributed by atoms with Crippen molar-refractivity contribution in [2.75, 3.05) is 26.2 Å². The Morgan fingerprint density at radius 1 is 0.941 bits per heavy atom. The summed E-state index contributed by atoms with van der Waals surface area (Å²) < 4.78 is 0. The van der Waals surface area contributed by atoms with Crippen molar-refractivity contribution in [3.63, 3.8) is 0 Å². The summed E-state index contributed by atoms with van der Waals surface area (Å²) in [5.41, 5.74) is 9.99. The van der Waals surface area contributed by atoms with Crippen molar-refractivity contribution in [2.24, 2.45) is 5.73 Å². The zero-order chi connectivity index (χ0) is 24.8. The van der Waals surface area contributed by atoms with E-state index in [1.54, 1.807) is 21.9 Å². The lowest BCUT2D eigenvalue weighted by Crippen LogP contribution is -2.58. The average molecular weight is 467 g/mol. The summed E-state index contributed by atoms with van der Waals surface area (Å²) in [6, 6.07) is 11.6. The van der Waals surface area contributed by atoms with Gasteiger partial charge in [0, 0.05) is 39.5 Å². The fourth-order valence-corrected chi connectivity index (χ4v) is 4.50. The molecule has 182 valence electrons. The number of amides is 3. The molecule has 8 nitrogen and oxygen atoms in total. The maximum atomic E-state index is 13.2. The average Bonchev–Trinajstić information content (AvgIpc) is 2.80. The molecule has 0 spiro atoms. The molecule has 2 atom stereocenters. The van der Waals surface area contributed by atoms with Gasteiger partial charge in [0.05, 0.1) is 6.04 Å². The highest BCUT2D eigenvalue weighted by molar-refractivity contribution is 5.87. The maximum Gasteiger partial charge on any atom is 0.245 e. The summed E-state index contributed by atoms with van der Waals surface area (Å²) in [5, 5.41) is 12.5. The molecule has 1 fully saturated rings. The lowest BCUT2D eigenvalue weighted by atomic mass is 9.95. The predicted molar refractivity (Wildman–Crippen MR) is 130 cm³/mol. The van der Waals surface area contributed by atoms with Crippen LogP contribution in [0.3, 0.4) is 0 Å². The molecular formula is C26H34N4O4. The minimum atomic E-state index is -0.700. The van der Waals surface area contributed by atoms with Gasteiger partial charge in [0.25, 0.3) is 0 Å². The number of nitrogens with one attached hydrogen (secondary N) is 1. The lowest BCUT2D eigenvalue weighted by Gasteiger charge is -2.37. The number of phenolic OH excluding ortho intramolecular Hbond substituents is 1. The molecule has 2 aromatic carbocycles. The summed E-state index contributed by atoms with van der Waals surface area (Å²) in [6.07, 6.45) is 0.798. The minimum absolute atomic E-state index is 0.147. The highest BCUT2D eigenvalue weighted by atomic mass is 16.3. The number of nitrogens with zero attached hydrogens (tertiary/aromatic N) is 2. The quantitative estimate of drug-likeness (QED) is 0.569. The summed E-state index contributed by atoms with van der Waals surface area (Å²) in [7, 11) is 0.